The van der Waals surface area contributed by atoms with Crippen LogP contribution in [-0.4, -0.2) is 22.7 Å². The fourth-order valence-electron chi connectivity index (χ4n) is 3.53. The van der Waals surface area contributed by atoms with Gasteiger partial charge >= 0.3 is 0 Å². The van der Waals surface area contributed by atoms with Crippen LogP contribution in [0.1, 0.15) is 57.8 Å². The number of carbonyl (C=O) groups is 3. The van der Waals surface area contributed by atoms with Crippen molar-refractivity contribution < 1.29 is 14.4 Å². The first-order valence-corrected chi connectivity index (χ1v) is 9.60. The summed E-state index contributed by atoms with van der Waals surface area (Å²) in [5, 5.41) is 2.91. The largest absolute Gasteiger partial charge is 0.326 e. The van der Waals surface area contributed by atoms with E-state index in [2.05, 4.69) is 30.2 Å². The van der Waals surface area contributed by atoms with E-state index < -0.39 is 11.8 Å². The first kappa shape index (κ1) is 18.8. The third-order valence-corrected chi connectivity index (χ3v) is 5.22. The zero-order valence-electron chi connectivity index (χ0n) is 16.3. The average Bonchev–Trinajstić information content (AvgIpc) is 2.99. The number of imide groups is 1. The number of fused-ring (bicyclic) bond motifs is 1. The van der Waals surface area contributed by atoms with Crippen molar-refractivity contribution in [3.63, 3.8) is 0 Å². The lowest BCUT2D eigenvalue weighted by atomic mass is 9.93. The summed E-state index contributed by atoms with van der Waals surface area (Å²) < 4.78 is 0. The van der Waals surface area contributed by atoms with E-state index in [4.69, 9.17) is 0 Å². The van der Waals surface area contributed by atoms with E-state index in [1.54, 1.807) is 24.3 Å². The quantitative estimate of drug-likeness (QED) is 0.808. The number of aromatic nitrogens is 1. The second kappa shape index (κ2) is 7.47. The van der Waals surface area contributed by atoms with Gasteiger partial charge in [0, 0.05) is 17.5 Å². The highest BCUT2D eigenvalue weighted by molar-refractivity contribution is 6.34. The summed E-state index contributed by atoms with van der Waals surface area (Å²) in [5.41, 5.74) is 3.04. The second-order valence-corrected chi connectivity index (χ2v) is 7.44. The summed E-state index contributed by atoms with van der Waals surface area (Å²) in [6.07, 6.45) is 7.20. The highest BCUT2D eigenvalue weighted by atomic mass is 16.2. The average molecular weight is 387 g/mol. The number of rotatable bonds is 4. The van der Waals surface area contributed by atoms with Crippen molar-refractivity contribution in [3.05, 3.63) is 82.7 Å². The highest BCUT2D eigenvalue weighted by Crippen LogP contribution is 2.28. The molecule has 1 aliphatic carbocycles. The molecule has 0 saturated heterocycles. The van der Waals surface area contributed by atoms with Gasteiger partial charge in [0.1, 0.15) is 5.82 Å². The van der Waals surface area contributed by atoms with Gasteiger partial charge in [-0.15, -0.1) is 0 Å². The summed E-state index contributed by atoms with van der Waals surface area (Å²) in [6, 6.07) is 9.60. The van der Waals surface area contributed by atoms with Crippen molar-refractivity contribution in [2.24, 2.45) is 5.92 Å². The van der Waals surface area contributed by atoms with Crippen LogP contribution in [0.4, 0.5) is 5.82 Å². The van der Waals surface area contributed by atoms with Gasteiger partial charge in [-0.3, -0.25) is 14.4 Å². The number of nitrogens with zero attached hydrogens (tertiary/aromatic N) is 2. The van der Waals surface area contributed by atoms with Crippen molar-refractivity contribution in [2.75, 3.05) is 4.90 Å². The topological polar surface area (TPSA) is 79.4 Å². The van der Waals surface area contributed by atoms with Crippen LogP contribution in [0.2, 0.25) is 0 Å². The van der Waals surface area contributed by atoms with Crippen molar-refractivity contribution in [2.45, 2.75) is 26.7 Å². The monoisotopic (exact) mass is 387 g/mol. The minimum absolute atomic E-state index is 0.216. The molecule has 1 aliphatic heterocycles. The van der Waals surface area contributed by atoms with Gasteiger partial charge in [0.2, 0.25) is 0 Å². The van der Waals surface area contributed by atoms with E-state index in [-0.39, 0.29) is 22.9 Å². The number of anilines is 1. The van der Waals surface area contributed by atoms with Gasteiger partial charge in [0.15, 0.2) is 0 Å². The van der Waals surface area contributed by atoms with Gasteiger partial charge in [-0.1, -0.05) is 31.6 Å². The Hall–Kier alpha value is -3.54. The number of carbonyl (C=O) groups excluding carboxylic acids is 3. The zero-order valence-corrected chi connectivity index (χ0v) is 16.3. The first-order chi connectivity index (χ1) is 14.0. The highest BCUT2D eigenvalue weighted by Gasteiger charge is 2.37. The SMILES string of the molecule is CC(C)C1=CC=C(NC(=O)c2ccc3c(c2)C(=O)N(c2ccccn2)C3=O)CC1. The van der Waals surface area contributed by atoms with Crippen LogP contribution in [-0.2, 0) is 0 Å². The van der Waals surface area contributed by atoms with Gasteiger partial charge in [-0.2, -0.15) is 0 Å². The number of pyridine rings is 1. The minimum Gasteiger partial charge on any atom is -0.326 e. The van der Waals surface area contributed by atoms with E-state index in [1.165, 1.54) is 23.9 Å². The van der Waals surface area contributed by atoms with Crippen molar-refractivity contribution in [1.82, 2.24) is 10.3 Å². The van der Waals surface area contributed by atoms with Crippen LogP contribution in [0, 0.1) is 5.92 Å². The summed E-state index contributed by atoms with van der Waals surface area (Å²) in [6.45, 7) is 4.31. The predicted octanol–water partition coefficient (Wildman–Crippen LogP) is 3.87. The molecule has 2 aliphatic rings. The molecule has 1 aromatic heterocycles. The van der Waals surface area contributed by atoms with Gasteiger partial charge in [0.25, 0.3) is 17.7 Å². The Kier molecular flexibility index (Phi) is 4.84. The molecular formula is C23H21N3O3. The van der Waals surface area contributed by atoms with Crippen LogP contribution in [0.25, 0.3) is 0 Å². The Morgan fingerprint density at radius 2 is 1.83 bits per heavy atom. The number of allylic oxidation sites excluding steroid dienone is 4. The lowest BCUT2D eigenvalue weighted by Gasteiger charge is -2.18. The maximum absolute atomic E-state index is 12.8. The fraction of sp³-hybridized carbons (Fsp3) is 0.217. The van der Waals surface area contributed by atoms with E-state index in [1.807, 2.05) is 6.08 Å². The molecule has 146 valence electrons. The Balaban J connectivity index is 1.56. The molecule has 0 atom stereocenters. The molecule has 0 spiro atoms. The minimum atomic E-state index is -0.472. The molecule has 6 nitrogen and oxygen atoms in total. The van der Waals surface area contributed by atoms with Gasteiger partial charge < -0.3 is 5.32 Å². The summed E-state index contributed by atoms with van der Waals surface area (Å²) in [5.74, 6) is -0.440. The van der Waals surface area contributed by atoms with Crippen LogP contribution in [0.15, 0.2) is 66.0 Å². The van der Waals surface area contributed by atoms with Gasteiger partial charge in [-0.05, 0) is 55.2 Å². The Labute approximate surface area is 168 Å². The summed E-state index contributed by atoms with van der Waals surface area (Å²) in [7, 11) is 0. The third kappa shape index (κ3) is 3.49. The van der Waals surface area contributed by atoms with E-state index in [0.29, 0.717) is 11.5 Å². The van der Waals surface area contributed by atoms with Crippen molar-refractivity contribution in [3.8, 4) is 0 Å². The van der Waals surface area contributed by atoms with E-state index in [9.17, 15) is 14.4 Å². The van der Waals surface area contributed by atoms with Crippen LogP contribution in [0.3, 0.4) is 0 Å². The number of hydrogen-bond donors (Lipinski definition) is 1. The summed E-state index contributed by atoms with van der Waals surface area (Å²) >= 11 is 0. The molecule has 1 aromatic carbocycles. The molecule has 0 bridgehead atoms. The number of benzene rings is 1. The maximum atomic E-state index is 12.8. The molecule has 4 rings (SSSR count). The van der Waals surface area contributed by atoms with Crippen LogP contribution < -0.4 is 10.2 Å². The Morgan fingerprint density at radius 1 is 1.03 bits per heavy atom. The standard InChI is InChI=1S/C23H21N3O3/c1-14(2)15-6-9-17(10-7-15)25-21(27)16-8-11-18-19(13-16)23(29)26(22(18)28)20-5-3-4-12-24-20/h3-6,8-9,11-14H,7,10H2,1-2H3,(H,25,27). The van der Waals surface area contributed by atoms with E-state index in [0.717, 1.165) is 23.4 Å². The number of nitrogens with one attached hydrogen (secondary N) is 1. The molecule has 1 N–H and O–H groups in total. The lowest BCUT2D eigenvalue weighted by Crippen LogP contribution is -2.30. The lowest BCUT2D eigenvalue weighted by molar-refractivity contribution is 0.0923. The van der Waals surface area contributed by atoms with Gasteiger partial charge in [0.05, 0.1) is 11.1 Å². The normalized spacial score (nSPS) is 15.9. The molecular weight excluding hydrogens is 366 g/mol. The maximum Gasteiger partial charge on any atom is 0.267 e. The molecule has 0 radical (unpaired) electrons. The van der Waals surface area contributed by atoms with Crippen LogP contribution >= 0.6 is 0 Å². The molecule has 2 aromatic rings. The van der Waals surface area contributed by atoms with Gasteiger partial charge in [-0.25, -0.2) is 9.88 Å². The molecule has 2 heterocycles. The second-order valence-electron chi connectivity index (χ2n) is 7.44. The first-order valence-electron chi connectivity index (χ1n) is 9.60. The molecule has 6 heteroatoms. The third-order valence-electron chi connectivity index (χ3n) is 5.22. The van der Waals surface area contributed by atoms with Crippen LogP contribution in [0.5, 0.6) is 0 Å². The van der Waals surface area contributed by atoms with Crippen molar-refractivity contribution >= 4 is 23.5 Å². The summed E-state index contributed by atoms with van der Waals surface area (Å²) in [4.78, 5) is 43.2. The molecule has 0 unspecified atom stereocenters. The molecule has 3 amide bonds. The smallest absolute Gasteiger partial charge is 0.267 e. The van der Waals surface area contributed by atoms with Crippen molar-refractivity contribution in [1.29, 1.82) is 0 Å². The Bertz CT molecular complexity index is 1070. The van der Waals surface area contributed by atoms with E-state index >= 15 is 0 Å². The number of amides is 3. The molecule has 29 heavy (non-hydrogen) atoms. The number of hydrogen-bond acceptors (Lipinski definition) is 4. The Morgan fingerprint density at radius 3 is 2.48 bits per heavy atom. The fourth-order valence-corrected chi connectivity index (χ4v) is 3.53. The molecule has 0 saturated carbocycles. The zero-order chi connectivity index (χ0) is 20.5. The molecule has 0 fully saturated rings. The predicted molar refractivity (Wildman–Crippen MR) is 110 cm³/mol.